The molecule has 1 aliphatic carbocycles. The molecule has 6 heteroatoms. The summed E-state index contributed by atoms with van der Waals surface area (Å²) in [6.45, 7) is 7.86. The molecule has 1 aromatic rings. The minimum atomic E-state index is -0.443. The number of hydrogen-bond donors (Lipinski definition) is 1. The lowest BCUT2D eigenvalue weighted by Crippen LogP contribution is -2.49. The number of thiazole rings is 1. The third-order valence-corrected chi connectivity index (χ3v) is 4.69. The fourth-order valence-corrected chi connectivity index (χ4v) is 3.55. The number of nitrogens with one attached hydrogen (secondary N) is 1. The fourth-order valence-electron chi connectivity index (χ4n) is 2.61. The molecular formula is C15H23N3O2S. The van der Waals surface area contributed by atoms with Gasteiger partial charge in [0.2, 0.25) is 0 Å². The molecule has 2 fully saturated rings. The van der Waals surface area contributed by atoms with Gasteiger partial charge in [0.05, 0.1) is 17.2 Å². The molecule has 0 bridgehead atoms. The molecule has 0 aromatic carbocycles. The van der Waals surface area contributed by atoms with Crippen LogP contribution in [0.5, 0.6) is 0 Å². The first-order valence-corrected chi connectivity index (χ1v) is 8.46. The average Bonchev–Trinajstić information content (AvgIpc) is 3.14. The first-order chi connectivity index (χ1) is 9.94. The summed E-state index contributed by atoms with van der Waals surface area (Å²) < 4.78 is 5.48. The molecule has 1 N–H and O–H groups in total. The summed E-state index contributed by atoms with van der Waals surface area (Å²) in [4.78, 5) is 19.9. The van der Waals surface area contributed by atoms with Crippen molar-refractivity contribution in [3.05, 3.63) is 16.1 Å². The van der Waals surface area contributed by atoms with Gasteiger partial charge >= 0.3 is 6.09 Å². The van der Waals surface area contributed by atoms with E-state index >= 15 is 0 Å². The molecule has 116 valence electrons. The molecule has 5 nitrogen and oxygen atoms in total. The highest BCUT2D eigenvalue weighted by atomic mass is 32.1. The summed E-state index contributed by atoms with van der Waals surface area (Å²) in [5, 5.41) is 3.51. The minimum Gasteiger partial charge on any atom is -0.444 e. The topological polar surface area (TPSA) is 54.5 Å². The van der Waals surface area contributed by atoms with Crippen LogP contribution in [0.4, 0.5) is 4.79 Å². The van der Waals surface area contributed by atoms with Gasteiger partial charge in [-0.15, -0.1) is 11.3 Å². The Bertz CT molecular complexity index is 519. The number of aromatic nitrogens is 1. The summed E-state index contributed by atoms with van der Waals surface area (Å²) >= 11 is 1.70. The normalized spacial score (nSPS) is 23.2. The van der Waals surface area contributed by atoms with Crippen LogP contribution in [-0.4, -0.2) is 41.2 Å². The van der Waals surface area contributed by atoms with Crippen molar-refractivity contribution in [2.75, 3.05) is 19.6 Å². The van der Waals surface area contributed by atoms with E-state index < -0.39 is 5.60 Å². The van der Waals surface area contributed by atoms with Crippen LogP contribution in [0.1, 0.15) is 56.1 Å². The summed E-state index contributed by atoms with van der Waals surface area (Å²) in [5.41, 5.74) is 2.72. The number of nitrogens with zero attached hydrogens (tertiary/aromatic N) is 2. The van der Waals surface area contributed by atoms with E-state index in [1.807, 2.05) is 31.2 Å². The van der Waals surface area contributed by atoms with Crippen LogP contribution in [0.2, 0.25) is 0 Å². The van der Waals surface area contributed by atoms with Crippen molar-refractivity contribution in [2.45, 2.75) is 51.2 Å². The highest BCUT2D eigenvalue weighted by Crippen LogP contribution is 2.43. The van der Waals surface area contributed by atoms with Crippen LogP contribution in [0, 0.1) is 0 Å². The molecule has 2 heterocycles. The number of piperazine rings is 1. The van der Waals surface area contributed by atoms with Crippen LogP contribution < -0.4 is 5.32 Å². The molecule has 21 heavy (non-hydrogen) atoms. The van der Waals surface area contributed by atoms with E-state index in [9.17, 15) is 4.79 Å². The summed E-state index contributed by atoms with van der Waals surface area (Å²) in [6.07, 6.45) is 2.28. The zero-order valence-corrected chi connectivity index (χ0v) is 13.7. The summed E-state index contributed by atoms with van der Waals surface area (Å²) in [7, 11) is 0. The van der Waals surface area contributed by atoms with Crippen molar-refractivity contribution in [3.63, 3.8) is 0 Å². The molecule has 1 saturated carbocycles. The number of amides is 1. The highest BCUT2D eigenvalue weighted by molar-refractivity contribution is 7.09. The van der Waals surface area contributed by atoms with Gasteiger partial charge < -0.3 is 15.0 Å². The molecule has 2 aliphatic rings. The van der Waals surface area contributed by atoms with E-state index in [1.54, 1.807) is 11.3 Å². The number of rotatable bonds is 2. The Kier molecular flexibility index (Phi) is 3.92. The number of carbonyl (C=O) groups excluding carboxylic acids is 1. The lowest BCUT2D eigenvalue weighted by molar-refractivity contribution is 0.0196. The van der Waals surface area contributed by atoms with Crippen molar-refractivity contribution in [1.82, 2.24) is 15.2 Å². The van der Waals surface area contributed by atoms with E-state index in [-0.39, 0.29) is 12.1 Å². The Morgan fingerprint density at radius 1 is 1.48 bits per heavy atom. The maximum Gasteiger partial charge on any atom is 0.410 e. The van der Waals surface area contributed by atoms with Crippen molar-refractivity contribution in [3.8, 4) is 0 Å². The first-order valence-electron chi connectivity index (χ1n) is 7.58. The lowest BCUT2D eigenvalue weighted by Gasteiger charge is -2.34. The Morgan fingerprint density at radius 3 is 2.90 bits per heavy atom. The van der Waals surface area contributed by atoms with Gasteiger partial charge in [-0.3, -0.25) is 0 Å². The van der Waals surface area contributed by atoms with E-state index in [2.05, 4.69) is 10.3 Å². The standard InChI is InChI=1S/C15H23N3O2S/c1-15(2,3)20-14(19)18-7-6-16-11(8-18)13-12(10-4-5-10)17-9-21-13/h9-11,16H,4-8H2,1-3H3. The molecule has 3 rings (SSSR count). The average molecular weight is 309 g/mol. The molecule has 0 radical (unpaired) electrons. The van der Waals surface area contributed by atoms with Crippen LogP contribution in [0.15, 0.2) is 5.51 Å². The van der Waals surface area contributed by atoms with Crippen molar-refractivity contribution in [1.29, 1.82) is 0 Å². The number of ether oxygens (including phenoxy) is 1. The second kappa shape index (κ2) is 5.57. The van der Waals surface area contributed by atoms with Crippen LogP contribution in [-0.2, 0) is 4.74 Å². The number of hydrogen-bond acceptors (Lipinski definition) is 5. The second-order valence-corrected chi connectivity index (χ2v) is 7.70. The van der Waals surface area contributed by atoms with Gasteiger partial charge in [-0.1, -0.05) is 0 Å². The van der Waals surface area contributed by atoms with Crippen LogP contribution in [0.3, 0.4) is 0 Å². The quantitative estimate of drug-likeness (QED) is 0.912. The Morgan fingerprint density at radius 2 is 2.24 bits per heavy atom. The molecule has 1 unspecified atom stereocenters. The second-order valence-electron chi connectivity index (χ2n) is 6.81. The Labute approximate surface area is 129 Å². The Hall–Kier alpha value is -1.14. The van der Waals surface area contributed by atoms with Gasteiger partial charge in [0.15, 0.2) is 0 Å². The zero-order chi connectivity index (χ0) is 15.0. The summed E-state index contributed by atoms with van der Waals surface area (Å²) in [6, 6.07) is 0.189. The Balaban J connectivity index is 1.68. The van der Waals surface area contributed by atoms with Crippen LogP contribution in [0.25, 0.3) is 0 Å². The van der Waals surface area contributed by atoms with Crippen molar-refractivity contribution < 1.29 is 9.53 Å². The third kappa shape index (κ3) is 3.55. The van der Waals surface area contributed by atoms with E-state index in [4.69, 9.17) is 4.74 Å². The van der Waals surface area contributed by atoms with E-state index in [0.717, 1.165) is 6.54 Å². The fraction of sp³-hybridized carbons (Fsp3) is 0.733. The molecule has 1 amide bonds. The minimum absolute atomic E-state index is 0.189. The smallest absolute Gasteiger partial charge is 0.410 e. The molecule has 0 spiro atoms. The molecule has 1 aromatic heterocycles. The van der Waals surface area contributed by atoms with Gasteiger partial charge in [0.25, 0.3) is 0 Å². The molecular weight excluding hydrogens is 286 g/mol. The lowest BCUT2D eigenvalue weighted by atomic mass is 10.1. The van der Waals surface area contributed by atoms with E-state index in [1.165, 1.54) is 23.4 Å². The van der Waals surface area contributed by atoms with E-state index in [0.29, 0.717) is 19.0 Å². The number of carbonyl (C=O) groups is 1. The highest BCUT2D eigenvalue weighted by Gasteiger charge is 2.34. The van der Waals surface area contributed by atoms with Crippen molar-refractivity contribution in [2.24, 2.45) is 0 Å². The largest absolute Gasteiger partial charge is 0.444 e. The molecule has 1 aliphatic heterocycles. The monoisotopic (exact) mass is 309 g/mol. The van der Waals surface area contributed by atoms with Gasteiger partial charge in [-0.05, 0) is 33.6 Å². The maximum atomic E-state index is 12.2. The van der Waals surface area contributed by atoms with Crippen LogP contribution >= 0.6 is 11.3 Å². The van der Waals surface area contributed by atoms with Gasteiger partial charge in [0, 0.05) is 30.4 Å². The van der Waals surface area contributed by atoms with Gasteiger partial charge in [0.1, 0.15) is 5.60 Å². The molecule has 1 atom stereocenters. The predicted molar refractivity (Wildman–Crippen MR) is 82.6 cm³/mol. The third-order valence-electron chi connectivity index (χ3n) is 3.73. The zero-order valence-electron chi connectivity index (χ0n) is 12.9. The summed E-state index contributed by atoms with van der Waals surface area (Å²) in [5.74, 6) is 0.643. The van der Waals surface area contributed by atoms with Gasteiger partial charge in [-0.25, -0.2) is 9.78 Å². The van der Waals surface area contributed by atoms with Crippen molar-refractivity contribution >= 4 is 17.4 Å². The predicted octanol–water partition coefficient (Wildman–Crippen LogP) is 2.90. The molecule has 1 saturated heterocycles. The SMILES string of the molecule is CC(C)(C)OC(=O)N1CCNC(c2scnc2C2CC2)C1. The first kappa shape index (κ1) is 14.8. The maximum absolute atomic E-state index is 12.2. The van der Waals surface area contributed by atoms with Gasteiger partial charge in [-0.2, -0.15) is 0 Å².